The largest absolute Gasteiger partial charge is 0.496 e. The van der Waals surface area contributed by atoms with Crippen molar-refractivity contribution in [1.29, 1.82) is 0 Å². The van der Waals surface area contributed by atoms with E-state index in [0.29, 0.717) is 0 Å². The van der Waals surface area contributed by atoms with Crippen LogP contribution in [0.5, 0.6) is 0 Å². The van der Waals surface area contributed by atoms with Crippen LogP contribution in [0.2, 0.25) is 0 Å². The highest BCUT2D eigenvalue weighted by Crippen LogP contribution is 2.28. The van der Waals surface area contributed by atoms with Gasteiger partial charge in [-0.1, -0.05) is 13.8 Å². The van der Waals surface area contributed by atoms with Gasteiger partial charge < -0.3 is 14.8 Å². The van der Waals surface area contributed by atoms with Gasteiger partial charge in [0.25, 0.3) is 0 Å². The van der Waals surface area contributed by atoms with E-state index in [2.05, 4.69) is 32.2 Å². The molecule has 0 radical (unpaired) electrons. The Morgan fingerprint density at radius 3 is 2.71 bits per heavy atom. The Bertz CT molecular complexity index is 253. The normalized spacial score (nSPS) is 21.3. The van der Waals surface area contributed by atoms with Crippen LogP contribution in [-0.4, -0.2) is 31.4 Å². The zero-order chi connectivity index (χ0) is 12.7. The third-order valence-electron chi connectivity index (χ3n) is 3.44. The molecule has 0 fully saturated rings. The van der Waals surface area contributed by atoms with Gasteiger partial charge in [-0.2, -0.15) is 0 Å². The number of nitrogens with one attached hydrogen (secondary N) is 1. The molecule has 17 heavy (non-hydrogen) atoms. The monoisotopic (exact) mass is 241 g/mol. The first-order valence-corrected chi connectivity index (χ1v) is 6.88. The fourth-order valence-electron chi connectivity index (χ4n) is 2.32. The number of hydrogen-bond donors (Lipinski definition) is 1. The van der Waals surface area contributed by atoms with E-state index >= 15 is 0 Å². The Labute approximate surface area is 106 Å². The topological polar surface area (TPSA) is 30.5 Å². The van der Waals surface area contributed by atoms with Crippen LogP contribution in [0.15, 0.2) is 11.8 Å². The lowest BCUT2D eigenvalue weighted by molar-refractivity contribution is -0.0591. The van der Waals surface area contributed by atoms with Crippen LogP contribution in [0, 0.1) is 0 Å². The Kier molecular flexibility index (Phi) is 6.00. The summed E-state index contributed by atoms with van der Waals surface area (Å²) in [4.78, 5) is 0. The van der Waals surface area contributed by atoms with E-state index in [1.54, 1.807) is 0 Å². The molecule has 1 rings (SSSR count). The van der Waals surface area contributed by atoms with Crippen molar-refractivity contribution < 1.29 is 9.47 Å². The Morgan fingerprint density at radius 1 is 1.47 bits per heavy atom. The fraction of sp³-hybridized carbons (Fsp3) is 0.857. The van der Waals surface area contributed by atoms with Crippen molar-refractivity contribution in [2.24, 2.45) is 0 Å². The van der Waals surface area contributed by atoms with Crippen LogP contribution in [-0.2, 0) is 9.47 Å². The zero-order valence-electron chi connectivity index (χ0n) is 11.7. The summed E-state index contributed by atoms with van der Waals surface area (Å²) in [6.45, 7) is 11.0. The van der Waals surface area contributed by atoms with Crippen LogP contribution in [0.25, 0.3) is 0 Å². The average molecular weight is 241 g/mol. The molecule has 1 aliphatic rings. The molecule has 0 saturated heterocycles. The average Bonchev–Trinajstić information content (AvgIpc) is 2.37. The van der Waals surface area contributed by atoms with E-state index in [1.807, 2.05) is 6.92 Å². The summed E-state index contributed by atoms with van der Waals surface area (Å²) in [6, 6.07) is 0.165. The van der Waals surface area contributed by atoms with Gasteiger partial charge in [-0.05, 0) is 45.7 Å². The maximum absolute atomic E-state index is 5.96. The van der Waals surface area contributed by atoms with E-state index in [9.17, 15) is 0 Å². The Balaban J connectivity index is 2.84. The van der Waals surface area contributed by atoms with Crippen molar-refractivity contribution in [3.8, 4) is 0 Å². The minimum absolute atomic E-state index is 0.165. The first kappa shape index (κ1) is 14.5. The zero-order valence-corrected chi connectivity index (χ0v) is 11.7. The summed E-state index contributed by atoms with van der Waals surface area (Å²) in [6.07, 6.45) is 5.42. The van der Waals surface area contributed by atoms with Gasteiger partial charge in [-0.3, -0.25) is 0 Å². The van der Waals surface area contributed by atoms with E-state index in [-0.39, 0.29) is 11.6 Å². The van der Waals surface area contributed by atoms with Gasteiger partial charge in [0, 0.05) is 6.61 Å². The van der Waals surface area contributed by atoms with E-state index in [4.69, 9.17) is 9.47 Å². The molecule has 100 valence electrons. The van der Waals surface area contributed by atoms with Crippen molar-refractivity contribution in [2.45, 2.75) is 58.6 Å². The van der Waals surface area contributed by atoms with Crippen LogP contribution >= 0.6 is 0 Å². The molecule has 0 aliphatic carbocycles. The number of likely N-dealkylation sites (N-methyl/N-ethyl adjacent to an activating group) is 1. The molecule has 1 heterocycles. The standard InChI is InChI=1S/C14H27NO2/c1-5-14(4,17-7-3)13(15-6-2)12-10-8-9-11-16-12/h10,13,15H,5-9,11H2,1-4H3. The molecular weight excluding hydrogens is 214 g/mol. The van der Waals surface area contributed by atoms with Crippen LogP contribution in [0.1, 0.15) is 47.0 Å². The molecule has 1 aliphatic heterocycles. The maximum atomic E-state index is 5.96. The van der Waals surface area contributed by atoms with Crippen LogP contribution in [0.4, 0.5) is 0 Å². The van der Waals surface area contributed by atoms with Crippen molar-refractivity contribution >= 4 is 0 Å². The predicted molar refractivity (Wildman–Crippen MR) is 71.1 cm³/mol. The highest BCUT2D eigenvalue weighted by atomic mass is 16.5. The second-order valence-electron chi connectivity index (χ2n) is 4.69. The first-order valence-electron chi connectivity index (χ1n) is 6.88. The summed E-state index contributed by atoms with van der Waals surface area (Å²) < 4.78 is 11.8. The summed E-state index contributed by atoms with van der Waals surface area (Å²) in [5.74, 6) is 1.07. The second-order valence-corrected chi connectivity index (χ2v) is 4.69. The molecule has 1 N–H and O–H groups in total. The summed E-state index contributed by atoms with van der Waals surface area (Å²) >= 11 is 0. The van der Waals surface area contributed by atoms with Crippen molar-refractivity contribution in [1.82, 2.24) is 5.32 Å². The van der Waals surface area contributed by atoms with E-state index in [0.717, 1.165) is 44.8 Å². The molecule has 0 amide bonds. The lowest BCUT2D eigenvalue weighted by Gasteiger charge is -2.39. The summed E-state index contributed by atoms with van der Waals surface area (Å²) in [5, 5.41) is 3.51. The predicted octanol–water partition coefficient (Wildman–Crippen LogP) is 2.86. The Hall–Kier alpha value is -0.540. The maximum Gasteiger partial charge on any atom is 0.112 e. The van der Waals surface area contributed by atoms with Gasteiger partial charge in [0.1, 0.15) is 5.76 Å². The fourth-order valence-corrected chi connectivity index (χ4v) is 2.32. The molecule has 0 aromatic rings. The molecule has 0 saturated carbocycles. The highest BCUT2D eigenvalue weighted by molar-refractivity contribution is 5.12. The lowest BCUT2D eigenvalue weighted by atomic mass is 9.90. The van der Waals surface area contributed by atoms with Crippen LogP contribution in [0.3, 0.4) is 0 Å². The van der Waals surface area contributed by atoms with Gasteiger partial charge in [0.15, 0.2) is 0 Å². The molecule has 3 nitrogen and oxygen atoms in total. The van der Waals surface area contributed by atoms with Crippen LogP contribution < -0.4 is 5.32 Å². The minimum Gasteiger partial charge on any atom is -0.496 e. The van der Waals surface area contributed by atoms with Crippen molar-refractivity contribution in [3.05, 3.63) is 11.8 Å². The van der Waals surface area contributed by atoms with E-state index in [1.165, 1.54) is 0 Å². The number of hydrogen-bond acceptors (Lipinski definition) is 3. The van der Waals surface area contributed by atoms with Crippen molar-refractivity contribution in [3.63, 3.8) is 0 Å². The van der Waals surface area contributed by atoms with E-state index < -0.39 is 0 Å². The minimum atomic E-state index is -0.187. The van der Waals surface area contributed by atoms with Gasteiger partial charge in [-0.25, -0.2) is 0 Å². The summed E-state index contributed by atoms with van der Waals surface area (Å²) in [7, 11) is 0. The molecule has 0 aromatic heterocycles. The molecule has 3 heteroatoms. The number of allylic oxidation sites excluding steroid dienone is 1. The molecule has 0 bridgehead atoms. The summed E-state index contributed by atoms with van der Waals surface area (Å²) in [5.41, 5.74) is -0.187. The van der Waals surface area contributed by atoms with Gasteiger partial charge >= 0.3 is 0 Å². The van der Waals surface area contributed by atoms with Crippen molar-refractivity contribution in [2.75, 3.05) is 19.8 Å². The lowest BCUT2D eigenvalue weighted by Crippen LogP contribution is -2.52. The second kappa shape index (κ2) is 7.02. The molecule has 2 atom stereocenters. The van der Waals surface area contributed by atoms with Gasteiger partial charge in [0.2, 0.25) is 0 Å². The van der Waals surface area contributed by atoms with Gasteiger partial charge in [0.05, 0.1) is 18.2 Å². The molecular formula is C14H27NO2. The third kappa shape index (κ3) is 3.71. The molecule has 2 unspecified atom stereocenters. The number of ether oxygens (including phenoxy) is 2. The SMILES string of the molecule is CCNC(C1=CCCCO1)C(C)(CC)OCC. The molecule has 0 spiro atoms. The first-order chi connectivity index (χ1) is 8.18. The Morgan fingerprint density at radius 2 is 2.24 bits per heavy atom. The third-order valence-corrected chi connectivity index (χ3v) is 3.44. The molecule has 0 aromatic carbocycles. The van der Waals surface area contributed by atoms with Gasteiger partial charge in [-0.15, -0.1) is 0 Å². The quantitative estimate of drug-likeness (QED) is 0.743. The highest BCUT2D eigenvalue weighted by Gasteiger charge is 2.36. The smallest absolute Gasteiger partial charge is 0.112 e. The number of rotatable bonds is 7.